The van der Waals surface area contributed by atoms with E-state index >= 15 is 0 Å². The van der Waals surface area contributed by atoms with Gasteiger partial charge in [-0.25, -0.2) is 9.59 Å². The summed E-state index contributed by atoms with van der Waals surface area (Å²) >= 11 is 0. The summed E-state index contributed by atoms with van der Waals surface area (Å²) in [6.45, 7) is 2.31. The van der Waals surface area contributed by atoms with Crippen molar-refractivity contribution < 1.29 is 19.1 Å². The van der Waals surface area contributed by atoms with Crippen LogP contribution in [0.15, 0.2) is 60.7 Å². The van der Waals surface area contributed by atoms with E-state index in [0.717, 1.165) is 6.42 Å². The summed E-state index contributed by atoms with van der Waals surface area (Å²) in [4.78, 5) is 25.6. The summed E-state index contributed by atoms with van der Waals surface area (Å²) in [5.41, 5.74) is 1.08. The molecule has 150 valence electrons. The third-order valence-electron chi connectivity index (χ3n) is 7.37. The lowest BCUT2D eigenvalue weighted by Gasteiger charge is -2.38. The van der Waals surface area contributed by atoms with Crippen molar-refractivity contribution in [2.45, 2.75) is 38.4 Å². The molecule has 2 bridgehead atoms. The summed E-state index contributed by atoms with van der Waals surface area (Å²) in [7, 11) is 0. The molecule has 2 aromatic rings. The maximum Gasteiger partial charge on any atom is 0.338 e. The highest BCUT2D eigenvalue weighted by Gasteiger charge is 2.63. The average molecular weight is 390 g/mol. The van der Waals surface area contributed by atoms with Gasteiger partial charge in [0, 0.05) is 11.8 Å². The van der Waals surface area contributed by atoms with Crippen molar-refractivity contribution in [2.75, 3.05) is 0 Å². The molecule has 0 aliphatic heterocycles. The van der Waals surface area contributed by atoms with Gasteiger partial charge in [0.2, 0.25) is 0 Å². The predicted molar refractivity (Wildman–Crippen MR) is 108 cm³/mol. The summed E-state index contributed by atoms with van der Waals surface area (Å²) in [6, 6.07) is 18.1. The van der Waals surface area contributed by atoms with E-state index in [0.29, 0.717) is 28.9 Å². The lowest BCUT2D eigenvalue weighted by Crippen LogP contribution is -2.46. The number of benzene rings is 2. The molecule has 2 aromatic carbocycles. The molecule has 0 spiro atoms. The number of carbonyl (C=O) groups excluding carboxylic acids is 2. The Morgan fingerprint density at radius 2 is 1.24 bits per heavy atom. The topological polar surface area (TPSA) is 52.6 Å². The van der Waals surface area contributed by atoms with Crippen LogP contribution < -0.4 is 0 Å². The third kappa shape index (κ3) is 3.15. The van der Waals surface area contributed by atoms with E-state index in [1.165, 1.54) is 12.8 Å². The van der Waals surface area contributed by atoms with E-state index in [9.17, 15) is 9.59 Å². The molecule has 0 heterocycles. The fourth-order valence-electron chi connectivity index (χ4n) is 6.21. The molecule has 0 radical (unpaired) electrons. The van der Waals surface area contributed by atoms with Crippen LogP contribution in [0.2, 0.25) is 0 Å². The van der Waals surface area contributed by atoms with Gasteiger partial charge in [0.15, 0.2) is 0 Å². The van der Waals surface area contributed by atoms with Crippen LogP contribution in [0, 0.1) is 29.6 Å². The van der Waals surface area contributed by atoms with Gasteiger partial charge in [0.1, 0.15) is 12.2 Å². The predicted octanol–water partition coefficient (Wildman–Crippen LogP) is 4.75. The molecule has 0 aromatic heterocycles. The Morgan fingerprint density at radius 1 is 0.724 bits per heavy atom. The highest BCUT2D eigenvalue weighted by atomic mass is 16.6. The van der Waals surface area contributed by atoms with Crippen molar-refractivity contribution in [2.24, 2.45) is 29.6 Å². The lowest BCUT2D eigenvalue weighted by molar-refractivity contribution is -0.0801. The molecule has 29 heavy (non-hydrogen) atoms. The van der Waals surface area contributed by atoms with Crippen molar-refractivity contribution in [1.82, 2.24) is 0 Å². The molecule has 4 heteroatoms. The first-order chi connectivity index (χ1) is 14.1. The Bertz CT molecular complexity index is 894. The van der Waals surface area contributed by atoms with E-state index in [1.54, 1.807) is 24.3 Å². The summed E-state index contributed by atoms with van der Waals surface area (Å²) in [6.07, 6.45) is 2.67. The molecule has 3 aliphatic carbocycles. The molecule has 4 nitrogen and oxygen atoms in total. The number of rotatable bonds is 4. The summed E-state index contributed by atoms with van der Waals surface area (Å²) in [5, 5.41) is 0. The quantitative estimate of drug-likeness (QED) is 0.707. The Kier molecular flexibility index (Phi) is 4.65. The van der Waals surface area contributed by atoms with E-state index < -0.39 is 0 Å². The van der Waals surface area contributed by atoms with Crippen molar-refractivity contribution >= 4 is 11.9 Å². The van der Waals surface area contributed by atoms with Gasteiger partial charge in [-0.2, -0.15) is 0 Å². The standard InChI is InChI=1S/C25H26O4/c1-15-12-13-18-19-14-20(21(15)18)23(29-25(27)17-10-6-3-7-11-17)22(19)28-24(26)16-8-4-2-5-9-16/h2-11,15,18-23H,12-14H2,1H3. The molecular weight excluding hydrogens is 364 g/mol. The van der Waals surface area contributed by atoms with Gasteiger partial charge in [0.25, 0.3) is 0 Å². The van der Waals surface area contributed by atoms with Crippen molar-refractivity contribution in [3.63, 3.8) is 0 Å². The van der Waals surface area contributed by atoms with Gasteiger partial charge in [-0.3, -0.25) is 0 Å². The van der Waals surface area contributed by atoms with E-state index in [1.807, 2.05) is 36.4 Å². The zero-order chi connectivity index (χ0) is 20.0. The number of esters is 2. The Hall–Kier alpha value is -2.62. The van der Waals surface area contributed by atoms with Crippen molar-refractivity contribution in [3.8, 4) is 0 Å². The Labute approximate surface area is 171 Å². The molecule has 0 N–H and O–H groups in total. The van der Waals surface area contributed by atoms with E-state index in [-0.39, 0.29) is 36.0 Å². The Balaban J connectivity index is 1.40. The minimum Gasteiger partial charge on any atom is -0.455 e. The van der Waals surface area contributed by atoms with Crippen LogP contribution in [0.5, 0.6) is 0 Å². The fourth-order valence-corrected chi connectivity index (χ4v) is 6.21. The van der Waals surface area contributed by atoms with Crippen LogP contribution in [-0.2, 0) is 9.47 Å². The molecule has 7 atom stereocenters. The second-order valence-corrected chi connectivity index (χ2v) is 8.83. The zero-order valence-corrected chi connectivity index (χ0v) is 16.6. The van der Waals surface area contributed by atoms with Crippen LogP contribution in [0.1, 0.15) is 46.9 Å². The van der Waals surface area contributed by atoms with Gasteiger partial charge in [-0.05, 0) is 54.9 Å². The highest BCUT2D eigenvalue weighted by molar-refractivity contribution is 5.90. The first kappa shape index (κ1) is 18.4. The largest absolute Gasteiger partial charge is 0.455 e. The summed E-state index contributed by atoms with van der Waals surface area (Å²) < 4.78 is 12.0. The maximum absolute atomic E-state index is 12.8. The average Bonchev–Trinajstić information content (AvgIpc) is 3.42. The SMILES string of the molecule is CC1CCC2C3CC(C(OC(=O)c4ccccc4)C3OC(=O)c3ccccc3)C12. The van der Waals surface area contributed by atoms with Crippen molar-refractivity contribution in [3.05, 3.63) is 71.8 Å². The van der Waals surface area contributed by atoms with Crippen LogP contribution >= 0.6 is 0 Å². The second-order valence-electron chi connectivity index (χ2n) is 8.83. The number of fused-ring (bicyclic) bond motifs is 5. The minimum absolute atomic E-state index is 0.281. The normalized spacial score (nSPS) is 34.6. The number of hydrogen-bond donors (Lipinski definition) is 0. The molecule has 3 saturated carbocycles. The molecule has 0 saturated heterocycles. The number of hydrogen-bond acceptors (Lipinski definition) is 4. The molecule has 3 aliphatic rings. The molecule has 7 unspecified atom stereocenters. The van der Waals surface area contributed by atoms with Gasteiger partial charge < -0.3 is 9.47 Å². The van der Waals surface area contributed by atoms with Crippen LogP contribution in [0.3, 0.4) is 0 Å². The first-order valence-corrected chi connectivity index (χ1v) is 10.7. The molecule has 3 fully saturated rings. The molecular formula is C25H26O4. The fraction of sp³-hybridized carbons (Fsp3) is 0.440. The van der Waals surface area contributed by atoms with Crippen LogP contribution in [0.4, 0.5) is 0 Å². The lowest BCUT2D eigenvalue weighted by atomic mass is 9.75. The van der Waals surface area contributed by atoms with Gasteiger partial charge >= 0.3 is 11.9 Å². The third-order valence-corrected chi connectivity index (χ3v) is 7.37. The summed E-state index contributed by atoms with van der Waals surface area (Å²) in [5.74, 6) is 1.70. The van der Waals surface area contributed by atoms with Crippen LogP contribution in [-0.4, -0.2) is 24.1 Å². The zero-order valence-electron chi connectivity index (χ0n) is 16.6. The Morgan fingerprint density at radius 3 is 1.79 bits per heavy atom. The smallest absolute Gasteiger partial charge is 0.338 e. The van der Waals surface area contributed by atoms with Crippen molar-refractivity contribution in [1.29, 1.82) is 0 Å². The monoisotopic (exact) mass is 390 g/mol. The highest BCUT2D eigenvalue weighted by Crippen LogP contribution is 2.62. The number of carbonyl (C=O) groups is 2. The second kappa shape index (κ2) is 7.33. The molecule has 0 amide bonds. The van der Waals surface area contributed by atoms with Gasteiger partial charge in [0.05, 0.1) is 11.1 Å². The number of ether oxygens (including phenoxy) is 2. The maximum atomic E-state index is 12.8. The van der Waals surface area contributed by atoms with E-state index in [2.05, 4.69) is 6.92 Å². The van der Waals surface area contributed by atoms with Crippen LogP contribution in [0.25, 0.3) is 0 Å². The molecule has 5 rings (SSSR count). The van der Waals surface area contributed by atoms with E-state index in [4.69, 9.17) is 9.47 Å². The first-order valence-electron chi connectivity index (χ1n) is 10.7. The minimum atomic E-state index is -0.359. The van der Waals surface area contributed by atoms with Gasteiger partial charge in [-0.1, -0.05) is 49.7 Å². The van der Waals surface area contributed by atoms with Gasteiger partial charge in [-0.15, -0.1) is 0 Å².